The van der Waals surface area contributed by atoms with Gasteiger partial charge < -0.3 is 10.3 Å². The molecule has 19 heavy (non-hydrogen) atoms. The SMILES string of the molecule is N#CC(C#N)=C(C#N)Nc1cc(F)c2[nH]ccc2c1. The topological polar surface area (TPSA) is 99.2 Å². The Balaban J connectivity index is 2.48. The van der Waals surface area contributed by atoms with E-state index >= 15 is 0 Å². The molecule has 6 heteroatoms. The maximum Gasteiger partial charge on any atom is 0.163 e. The van der Waals surface area contributed by atoms with Gasteiger partial charge in [0.05, 0.1) is 5.52 Å². The quantitative estimate of drug-likeness (QED) is 0.801. The van der Waals surface area contributed by atoms with Crippen molar-refractivity contribution in [3.63, 3.8) is 0 Å². The number of fused-ring (bicyclic) bond motifs is 1. The number of nitrogens with one attached hydrogen (secondary N) is 2. The summed E-state index contributed by atoms with van der Waals surface area (Å²) < 4.78 is 13.7. The summed E-state index contributed by atoms with van der Waals surface area (Å²) in [6.07, 6.45) is 1.59. The molecule has 0 aliphatic carbocycles. The Morgan fingerprint density at radius 1 is 1.16 bits per heavy atom. The number of rotatable bonds is 2. The average Bonchev–Trinajstić information content (AvgIpc) is 2.87. The van der Waals surface area contributed by atoms with Gasteiger partial charge in [0.2, 0.25) is 0 Å². The fourth-order valence-corrected chi connectivity index (χ4v) is 1.63. The molecule has 0 aliphatic rings. The number of hydrogen-bond donors (Lipinski definition) is 2. The van der Waals surface area contributed by atoms with Gasteiger partial charge in [-0.15, -0.1) is 0 Å². The van der Waals surface area contributed by atoms with Crippen molar-refractivity contribution in [3.8, 4) is 18.2 Å². The van der Waals surface area contributed by atoms with Gasteiger partial charge in [-0.3, -0.25) is 0 Å². The maximum absolute atomic E-state index is 13.7. The first-order valence-electron chi connectivity index (χ1n) is 5.18. The van der Waals surface area contributed by atoms with Crippen LogP contribution in [0, 0.1) is 39.8 Å². The lowest BCUT2D eigenvalue weighted by molar-refractivity contribution is 0.638. The highest BCUT2D eigenvalue weighted by atomic mass is 19.1. The summed E-state index contributed by atoms with van der Waals surface area (Å²) in [5.41, 5.74) is 0.0920. The van der Waals surface area contributed by atoms with E-state index in [4.69, 9.17) is 15.8 Å². The molecule has 2 N–H and O–H groups in total. The van der Waals surface area contributed by atoms with Crippen molar-refractivity contribution in [2.75, 3.05) is 5.32 Å². The number of H-pyrrole nitrogens is 1. The Kier molecular flexibility index (Phi) is 3.14. The Morgan fingerprint density at radius 2 is 1.89 bits per heavy atom. The van der Waals surface area contributed by atoms with Gasteiger partial charge >= 0.3 is 0 Å². The highest BCUT2D eigenvalue weighted by Gasteiger charge is 2.09. The average molecular weight is 251 g/mol. The van der Waals surface area contributed by atoms with Crippen LogP contribution >= 0.6 is 0 Å². The number of benzene rings is 1. The van der Waals surface area contributed by atoms with E-state index in [2.05, 4.69) is 10.3 Å². The molecule has 90 valence electrons. The van der Waals surface area contributed by atoms with Crippen molar-refractivity contribution in [2.24, 2.45) is 0 Å². The van der Waals surface area contributed by atoms with Crippen molar-refractivity contribution in [3.05, 3.63) is 41.5 Å². The second-order valence-corrected chi connectivity index (χ2v) is 3.61. The van der Waals surface area contributed by atoms with E-state index in [1.807, 2.05) is 0 Å². The third kappa shape index (κ3) is 2.22. The van der Waals surface area contributed by atoms with E-state index in [0.29, 0.717) is 16.6 Å². The van der Waals surface area contributed by atoms with E-state index in [1.54, 1.807) is 36.5 Å². The Hall–Kier alpha value is -3.30. The van der Waals surface area contributed by atoms with Crippen molar-refractivity contribution < 1.29 is 4.39 Å². The molecule has 2 rings (SSSR count). The highest BCUT2D eigenvalue weighted by Crippen LogP contribution is 2.23. The first-order chi connectivity index (χ1) is 9.19. The van der Waals surface area contributed by atoms with Crippen molar-refractivity contribution >= 4 is 16.6 Å². The summed E-state index contributed by atoms with van der Waals surface area (Å²) in [6, 6.07) is 9.38. The molecule has 2 aromatic rings. The molecule has 0 spiro atoms. The summed E-state index contributed by atoms with van der Waals surface area (Å²) in [6.45, 7) is 0. The molecule has 0 atom stereocenters. The molecule has 1 heterocycles. The Morgan fingerprint density at radius 3 is 2.53 bits per heavy atom. The van der Waals surface area contributed by atoms with Gasteiger partial charge in [0.1, 0.15) is 29.7 Å². The van der Waals surface area contributed by atoms with Crippen LogP contribution in [0.15, 0.2) is 35.7 Å². The number of aromatic amines is 1. The number of halogens is 1. The number of anilines is 1. The van der Waals surface area contributed by atoms with Crippen LogP contribution < -0.4 is 5.32 Å². The van der Waals surface area contributed by atoms with Gasteiger partial charge in [0.15, 0.2) is 5.57 Å². The molecule has 1 aromatic heterocycles. The van der Waals surface area contributed by atoms with Gasteiger partial charge in [0.25, 0.3) is 0 Å². The Labute approximate surface area is 107 Å². The van der Waals surface area contributed by atoms with E-state index in [9.17, 15) is 4.39 Å². The van der Waals surface area contributed by atoms with Gasteiger partial charge in [-0.25, -0.2) is 4.39 Å². The molecule has 0 amide bonds. The lowest BCUT2D eigenvalue weighted by atomic mass is 10.2. The van der Waals surface area contributed by atoms with Crippen LogP contribution in [0.2, 0.25) is 0 Å². The summed E-state index contributed by atoms with van der Waals surface area (Å²) in [4.78, 5) is 2.74. The zero-order valence-electron chi connectivity index (χ0n) is 9.53. The van der Waals surface area contributed by atoms with E-state index in [-0.39, 0.29) is 11.3 Å². The fraction of sp³-hybridized carbons (Fsp3) is 0. The lowest BCUT2D eigenvalue weighted by Crippen LogP contribution is -2.01. The van der Waals surface area contributed by atoms with Crippen molar-refractivity contribution in [1.82, 2.24) is 4.98 Å². The van der Waals surface area contributed by atoms with Gasteiger partial charge in [-0.05, 0) is 18.2 Å². The van der Waals surface area contributed by atoms with E-state index in [1.165, 1.54) is 6.07 Å². The molecule has 0 aliphatic heterocycles. The third-order valence-electron chi connectivity index (χ3n) is 2.47. The highest BCUT2D eigenvalue weighted by molar-refractivity contribution is 5.84. The molecule has 0 saturated heterocycles. The first-order valence-corrected chi connectivity index (χ1v) is 5.18. The zero-order chi connectivity index (χ0) is 13.8. The maximum atomic E-state index is 13.7. The fourth-order valence-electron chi connectivity index (χ4n) is 1.63. The minimum Gasteiger partial charge on any atom is -0.359 e. The third-order valence-corrected chi connectivity index (χ3v) is 2.47. The van der Waals surface area contributed by atoms with Crippen LogP contribution in [0.4, 0.5) is 10.1 Å². The molecular formula is C13H6FN5. The van der Waals surface area contributed by atoms with Crippen LogP contribution in [-0.4, -0.2) is 4.98 Å². The molecule has 0 bridgehead atoms. The van der Waals surface area contributed by atoms with E-state index < -0.39 is 5.82 Å². The number of nitriles is 3. The zero-order valence-corrected chi connectivity index (χ0v) is 9.53. The smallest absolute Gasteiger partial charge is 0.163 e. The molecule has 1 aromatic carbocycles. The molecule has 0 radical (unpaired) electrons. The predicted octanol–water partition coefficient (Wildman–Crippen LogP) is 2.54. The molecule has 0 saturated carbocycles. The molecular weight excluding hydrogens is 245 g/mol. The van der Waals surface area contributed by atoms with Crippen molar-refractivity contribution in [1.29, 1.82) is 15.8 Å². The number of nitrogens with zero attached hydrogens (tertiary/aromatic N) is 3. The van der Waals surface area contributed by atoms with E-state index in [0.717, 1.165) is 0 Å². The monoisotopic (exact) mass is 251 g/mol. The van der Waals surface area contributed by atoms with Crippen molar-refractivity contribution in [2.45, 2.75) is 0 Å². The molecule has 0 fully saturated rings. The number of hydrogen-bond acceptors (Lipinski definition) is 4. The standard InChI is InChI=1S/C13H6FN5/c14-11-4-10(3-8-1-2-18-13(8)11)19-12(7-17)9(5-15)6-16/h1-4,18-19H. The van der Waals surface area contributed by atoms with Gasteiger partial charge in [-0.2, -0.15) is 15.8 Å². The minimum atomic E-state index is -0.488. The van der Waals surface area contributed by atoms with Crippen LogP contribution in [0.1, 0.15) is 0 Å². The van der Waals surface area contributed by atoms with Gasteiger partial charge in [-0.1, -0.05) is 0 Å². The molecule has 5 nitrogen and oxygen atoms in total. The minimum absolute atomic E-state index is 0.209. The summed E-state index contributed by atoms with van der Waals surface area (Å²) >= 11 is 0. The van der Waals surface area contributed by atoms with Crippen LogP contribution in [0.5, 0.6) is 0 Å². The number of aromatic nitrogens is 1. The normalized spacial score (nSPS) is 9.16. The van der Waals surface area contributed by atoms with Crippen LogP contribution in [-0.2, 0) is 0 Å². The second-order valence-electron chi connectivity index (χ2n) is 3.61. The van der Waals surface area contributed by atoms with Crippen LogP contribution in [0.25, 0.3) is 10.9 Å². The second kappa shape index (κ2) is 4.91. The summed E-state index contributed by atoms with van der Waals surface area (Å²) in [7, 11) is 0. The largest absolute Gasteiger partial charge is 0.359 e. The van der Waals surface area contributed by atoms with Crippen LogP contribution in [0.3, 0.4) is 0 Å². The summed E-state index contributed by atoms with van der Waals surface area (Å²) in [5, 5.41) is 29.5. The number of allylic oxidation sites excluding steroid dienone is 2. The lowest BCUT2D eigenvalue weighted by Gasteiger charge is -2.05. The van der Waals surface area contributed by atoms with Gasteiger partial charge in [0, 0.05) is 17.3 Å². The molecule has 0 unspecified atom stereocenters. The predicted molar refractivity (Wildman–Crippen MR) is 65.7 cm³/mol. The Bertz CT molecular complexity index is 779. The first kappa shape index (κ1) is 12.2. The summed E-state index contributed by atoms with van der Waals surface area (Å²) in [5.74, 6) is -0.488.